The SMILES string of the molecule is [NH-]C=O.[NH-]C=O.[Sc]. The molecule has 39 valence electrons. The molecule has 0 rings (SSSR count). The van der Waals surface area contributed by atoms with E-state index < -0.39 is 0 Å². The van der Waals surface area contributed by atoms with E-state index in [9.17, 15) is 0 Å². The van der Waals surface area contributed by atoms with Crippen molar-refractivity contribution in [1.29, 1.82) is 0 Å². The summed E-state index contributed by atoms with van der Waals surface area (Å²) < 4.78 is 0. The average molecular weight is 133 g/mol. The van der Waals surface area contributed by atoms with Gasteiger partial charge in [0.05, 0.1) is 0 Å². The van der Waals surface area contributed by atoms with Crippen molar-refractivity contribution in [2.24, 2.45) is 0 Å². The van der Waals surface area contributed by atoms with Crippen LogP contribution in [0.5, 0.6) is 0 Å². The summed E-state index contributed by atoms with van der Waals surface area (Å²) in [6, 6.07) is 0. The summed E-state index contributed by atoms with van der Waals surface area (Å²) in [7, 11) is 0. The molecule has 7 heavy (non-hydrogen) atoms. The summed E-state index contributed by atoms with van der Waals surface area (Å²) in [4.78, 5) is 16.9. The molecule has 0 bridgehead atoms. The minimum atomic E-state index is 0. The van der Waals surface area contributed by atoms with Gasteiger partial charge in [0, 0.05) is 38.7 Å². The quantitative estimate of drug-likeness (QED) is 0.447. The van der Waals surface area contributed by atoms with Gasteiger partial charge in [-0.15, -0.1) is 0 Å². The fourth-order valence-electron chi connectivity index (χ4n) is 0. The Morgan fingerprint density at radius 1 is 1.00 bits per heavy atom. The number of carbonyl (C=O) groups is 2. The van der Waals surface area contributed by atoms with Crippen LogP contribution in [0, 0.1) is 0 Å². The van der Waals surface area contributed by atoms with Gasteiger partial charge in [-0.1, -0.05) is 0 Å². The fourth-order valence-corrected chi connectivity index (χ4v) is 0. The van der Waals surface area contributed by atoms with Gasteiger partial charge in [0.1, 0.15) is 0 Å². The van der Waals surface area contributed by atoms with Crippen LogP contribution >= 0.6 is 0 Å². The second kappa shape index (κ2) is 41.0. The van der Waals surface area contributed by atoms with Gasteiger partial charge < -0.3 is 21.1 Å². The van der Waals surface area contributed by atoms with Crippen LogP contribution in [0.3, 0.4) is 0 Å². The third-order valence-electron chi connectivity index (χ3n) is 0. The van der Waals surface area contributed by atoms with Crippen molar-refractivity contribution in [2.45, 2.75) is 0 Å². The van der Waals surface area contributed by atoms with E-state index in [2.05, 4.69) is 0 Å². The van der Waals surface area contributed by atoms with Crippen molar-refractivity contribution >= 4 is 12.8 Å². The van der Waals surface area contributed by atoms with Gasteiger partial charge in [-0.2, -0.15) is 0 Å². The van der Waals surface area contributed by atoms with Crippen molar-refractivity contribution in [3.63, 3.8) is 0 Å². The van der Waals surface area contributed by atoms with Crippen LogP contribution in [0.1, 0.15) is 0 Å². The zero-order valence-electron chi connectivity index (χ0n) is 3.55. The Morgan fingerprint density at radius 3 is 1.00 bits per heavy atom. The molecule has 2 amide bonds. The average Bonchev–Trinajstić information content (AvgIpc) is 1.39. The Bertz CT molecular complexity index is 34.7. The van der Waals surface area contributed by atoms with Crippen LogP contribution in [0.2, 0.25) is 0 Å². The zero-order valence-corrected chi connectivity index (χ0v) is 5.35. The van der Waals surface area contributed by atoms with E-state index in [-0.39, 0.29) is 38.7 Å². The van der Waals surface area contributed by atoms with Crippen molar-refractivity contribution < 1.29 is 35.4 Å². The number of rotatable bonds is 0. The first-order valence-electron chi connectivity index (χ1n) is 1.05. The molecule has 0 aromatic rings. The Balaban J connectivity index is -0.0000000400. The van der Waals surface area contributed by atoms with Gasteiger partial charge in [0.15, 0.2) is 0 Å². The van der Waals surface area contributed by atoms with Gasteiger partial charge in [-0.3, -0.25) is 0 Å². The summed E-state index contributed by atoms with van der Waals surface area (Å²) in [6.45, 7) is 0. The molecule has 1 radical (unpaired) electrons. The number of hydrogen-bond acceptors (Lipinski definition) is 2. The number of carbonyl (C=O) groups excluding carboxylic acids is 2. The van der Waals surface area contributed by atoms with Crippen LogP contribution in [-0.2, 0) is 35.4 Å². The first kappa shape index (κ1) is 15.8. The van der Waals surface area contributed by atoms with Crippen LogP contribution in [-0.4, -0.2) is 12.8 Å². The maximum absolute atomic E-state index is 8.47. The van der Waals surface area contributed by atoms with Gasteiger partial charge in [0.2, 0.25) is 0 Å². The van der Waals surface area contributed by atoms with Gasteiger partial charge in [-0.05, 0) is 0 Å². The van der Waals surface area contributed by atoms with E-state index in [4.69, 9.17) is 21.1 Å². The number of hydrogen-bond donors (Lipinski definition) is 0. The summed E-state index contributed by atoms with van der Waals surface area (Å²) in [5, 5.41) is 0. The van der Waals surface area contributed by atoms with Crippen molar-refractivity contribution in [3.8, 4) is 0 Å². The van der Waals surface area contributed by atoms with Gasteiger partial charge in [-0.25, -0.2) is 0 Å². The van der Waals surface area contributed by atoms with E-state index in [0.717, 1.165) is 0 Å². The topological polar surface area (TPSA) is 81.7 Å². The third-order valence-corrected chi connectivity index (χ3v) is 0. The first-order valence-corrected chi connectivity index (χ1v) is 1.05. The number of nitrogens with one attached hydrogen (secondary N) is 2. The minimum absolute atomic E-state index is 0. The van der Waals surface area contributed by atoms with Crippen molar-refractivity contribution in [1.82, 2.24) is 0 Å². The molecule has 0 heterocycles. The summed E-state index contributed by atoms with van der Waals surface area (Å²) in [6.07, 6.45) is 0. The Labute approximate surface area is 60.0 Å². The van der Waals surface area contributed by atoms with Crippen LogP contribution in [0.25, 0.3) is 11.5 Å². The summed E-state index contributed by atoms with van der Waals surface area (Å²) in [5.41, 5.74) is 11.1. The zero-order chi connectivity index (χ0) is 5.41. The molecule has 0 fully saturated rings. The first-order chi connectivity index (χ1) is 2.83. The Kier molecular flexibility index (Phi) is 92.8. The molecular weight excluding hydrogens is 129 g/mol. The van der Waals surface area contributed by atoms with Gasteiger partial charge >= 0.3 is 0 Å². The Morgan fingerprint density at radius 2 is 1.00 bits per heavy atom. The third kappa shape index (κ3) is 2340. The van der Waals surface area contributed by atoms with E-state index in [0.29, 0.717) is 0 Å². The smallest absolute Gasteiger partial charge is 0.0344 e. The molecule has 0 aromatic carbocycles. The van der Waals surface area contributed by atoms with E-state index >= 15 is 0 Å². The predicted molar refractivity (Wildman–Crippen MR) is 20.8 cm³/mol. The second-order valence-corrected chi connectivity index (χ2v) is 0.236. The molecule has 4 nitrogen and oxygen atoms in total. The van der Waals surface area contributed by atoms with Crippen LogP contribution in [0.4, 0.5) is 0 Å². The molecular formula is C2H4N2O2Sc-2. The summed E-state index contributed by atoms with van der Waals surface area (Å²) >= 11 is 0. The fraction of sp³-hybridized carbons (Fsp3) is 0. The molecule has 0 aromatic heterocycles. The van der Waals surface area contributed by atoms with E-state index in [1.165, 1.54) is 0 Å². The molecule has 0 atom stereocenters. The van der Waals surface area contributed by atoms with Crippen molar-refractivity contribution in [3.05, 3.63) is 11.5 Å². The molecule has 0 unspecified atom stereocenters. The molecule has 5 heteroatoms. The maximum Gasteiger partial charge on any atom is 0.0344 e. The molecule has 2 N–H and O–H groups in total. The monoisotopic (exact) mass is 133 g/mol. The predicted octanol–water partition coefficient (Wildman–Crippen LogP) is 0.388. The largest absolute Gasteiger partial charge is 0.671 e. The molecule has 0 saturated carbocycles. The molecule has 0 aliphatic rings. The normalized spacial score (nSPS) is 3.43. The van der Waals surface area contributed by atoms with Crippen molar-refractivity contribution in [2.75, 3.05) is 0 Å². The molecule has 0 aliphatic carbocycles. The molecule has 0 aliphatic heterocycles. The molecule has 0 spiro atoms. The van der Waals surface area contributed by atoms with Crippen LogP contribution in [0.15, 0.2) is 0 Å². The minimum Gasteiger partial charge on any atom is -0.671 e. The van der Waals surface area contributed by atoms with E-state index in [1.54, 1.807) is 0 Å². The standard InChI is InChI=1S/2CH3NO.Sc/c2*2-1-3;/h2*1H,(H2,2,3);/p-2. The van der Waals surface area contributed by atoms with Crippen LogP contribution < -0.4 is 0 Å². The second-order valence-electron chi connectivity index (χ2n) is 0.236. The van der Waals surface area contributed by atoms with E-state index in [1.807, 2.05) is 0 Å². The van der Waals surface area contributed by atoms with Gasteiger partial charge in [0.25, 0.3) is 0 Å². The molecule has 0 saturated heterocycles. The Hall–Kier alpha value is -0.190. The summed E-state index contributed by atoms with van der Waals surface area (Å²) in [5.74, 6) is 0. The maximum atomic E-state index is 8.47. The number of amides is 2.